The summed E-state index contributed by atoms with van der Waals surface area (Å²) in [5, 5.41) is 0.340. The minimum atomic E-state index is -4.25. The van der Waals surface area contributed by atoms with E-state index in [-0.39, 0.29) is 28.1 Å². The Labute approximate surface area is 261 Å². The minimum Gasteiger partial charge on any atom is -0.268 e. The lowest BCUT2D eigenvalue weighted by atomic mass is 10.1. The number of benzene rings is 5. The summed E-state index contributed by atoms with van der Waals surface area (Å²) in [6, 6.07) is 38.8. The summed E-state index contributed by atoms with van der Waals surface area (Å²) in [7, 11) is -4.25. The minimum absolute atomic E-state index is 0.0460. The highest BCUT2D eigenvalue weighted by Crippen LogP contribution is 2.43. The molecule has 0 radical (unpaired) electrons. The van der Waals surface area contributed by atoms with E-state index in [4.69, 9.17) is 16.6 Å². The number of para-hydroxylation sites is 1. The van der Waals surface area contributed by atoms with Gasteiger partial charge in [-0.25, -0.2) is 17.7 Å². The number of rotatable bonds is 7. The van der Waals surface area contributed by atoms with Crippen molar-refractivity contribution in [2.45, 2.75) is 18.7 Å². The monoisotopic (exact) mass is 617 g/mol. The van der Waals surface area contributed by atoms with Gasteiger partial charge in [-0.2, -0.15) is 0 Å². The fraction of sp³-hybridized carbons (Fsp3) is 0.0556. The number of carbonyl (C=O) groups is 1. The van der Waals surface area contributed by atoms with Crippen molar-refractivity contribution >= 4 is 39.0 Å². The van der Waals surface area contributed by atoms with Crippen molar-refractivity contribution in [2.75, 3.05) is 4.31 Å². The van der Waals surface area contributed by atoms with Crippen molar-refractivity contribution in [3.63, 3.8) is 0 Å². The van der Waals surface area contributed by atoms with Gasteiger partial charge in [0, 0.05) is 16.7 Å². The Bertz CT molecular complexity index is 2060. The number of hydrogen-bond donors (Lipinski definition) is 0. The SMILES string of the molecule is Cc1ccc(-c2nc(N(c3ccccc3)S(=O)(=O)c3ccc(C)cc3)c(-c3ccccc3Cl)n2C(=O)c2ccccc2)cc1. The van der Waals surface area contributed by atoms with Crippen LogP contribution in [0.4, 0.5) is 11.5 Å². The third kappa shape index (κ3) is 5.43. The zero-order valence-corrected chi connectivity index (χ0v) is 25.6. The van der Waals surface area contributed by atoms with Gasteiger partial charge < -0.3 is 0 Å². The van der Waals surface area contributed by atoms with Crippen molar-refractivity contribution in [1.29, 1.82) is 0 Å². The zero-order chi connectivity index (χ0) is 30.8. The van der Waals surface area contributed by atoms with Crippen LogP contribution in [0.15, 0.2) is 138 Å². The number of sulfonamides is 1. The number of hydrogen-bond acceptors (Lipinski definition) is 4. The van der Waals surface area contributed by atoms with Gasteiger partial charge in [0.25, 0.3) is 15.9 Å². The average Bonchev–Trinajstić information content (AvgIpc) is 3.41. The molecule has 6 rings (SSSR count). The second-order valence-electron chi connectivity index (χ2n) is 10.4. The number of aromatic nitrogens is 2. The van der Waals surface area contributed by atoms with Crippen LogP contribution in [0, 0.1) is 13.8 Å². The van der Waals surface area contributed by atoms with E-state index in [1.807, 2.05) is 50.2 Å². The Morgan fingerprint density at radius 1 is 0.705 bits per heavy atom. The van der Waals surface area contributed by atoms with Crippen molar-refractivity contribution in [3.8, 4) is 22.6 Å². The van der Waals surface area contributed by atoms with Gasteiger partial charge in [-0.3, -0.25) is 9.36 Å². The molecule has 218 valence electrons. The number of anilines is 2. The second-order valence-corrected chi connectivity index (χ2v) is 12.6. The quantitative estimate of drug-likeness (QED) is 0.180. The van der Waals surface area contributed by atoms with Crippen molar-refractivity contribution in [2.24, 2.45) is 0 Å². The average molecular weight is 618 g/mol. The Morgan fingerprint density at radius 3 is 1.86 bits per heavy atom. The molecule has 0 saturated carbocycles. The molecule has 0 bridgehead atoms. The van der Waals surface area contributed by atoms with E-state index < -0.39 is 10.0 Å². The number of aryl methyl sites for hydroxylation is 2. The van der Waals surface area contributed by atoms with E-state index in [9.17, 15) is 13.2 Å². The molecule has 1 aromatic heterocycles. The first kappa shape index (κ1) is 29.1. The topological polar surface area (TPSA) is 72.3 Å². The molecule has 6 nitrogen and oxygen atoms in total. The summed E-state index contributed by atoms with van der Waals surface area (Å²) in [5.41, 5.74) is 4.06. The van der Waals surface area contributed by atoms with E-state index >= 15 is 0 Å². The first-order valence-corrected chi connectivity index (χ1v) is 15.8. The Balaban J connectivity index is 1.75. The predicted octanol–water partition coefficient (Wildman–Crippen LogP) is 8.70. The molecule has 0 aliphatic rings. The molecular weight excluding hydrogens is 590 g/mol. The normalized spacial score (nSPS) is 11.3. The fourth-order valence-electron chi connectivity index (χ4n) is 5.00. The standard InChI is InChI=1S/C36H28ClN3O3S/c1-25-17-21-27(22-18-25)34-38-35(40(29-13-7-4-8-14-29)44(42,43)30-23-19-26(2)20-24-30)33(31-15-9-10-16-32(31)37)39(34)36(41)28-11-5-3-6-12-28/h3-24H,1-2H3. The molecule has 0 saturated heterocycles. The van der Waals surface area contributed by atoms with E-state index in [0.29, 0.717) is 27.4 Å². The van der Waals surface area contributed by atoms with E-state index in [1.165, 1.54) is 8.87 Å². The van der Waals surface area contributed by atoms with Crippen molar-refractivity contribution in [1.82, 2.24) is 9.55 Å². The summed E-state index contributed by atoms with van der Waals surface area (Å²) in [6.07, 6.45) is 0. The first-order chi connectivity index (χ1) is 21.3. The van der Waals surface area contributed by atoms with Crippen LogP contribution in [0.2, 0.25) is 5.02 Å². The molecule has 0 atom stereocenters. The third-order valence-corrected chi connectivity index (χ3v) is 9.33. The highest BCUT2D eigenvalue weighted by Gasteiger charge is 2.36. The van der Waals surface area contributed by atoms with Crippen molar-refractivity contribution < 1.29 is 13.2 Å². The van der Waals surface area contributed by atoms with E-state index in [2.05, 4.69) is 0 Å². The molecule has 0 fully saturated rings. The first-order valence-electron chi connectivity index (χ1n) is 14.0. The summed E-state index contributed by atoms with van der Waals surface area (Å²) < 4.78 is 31.9. The number of carbonyl (C=O) groups excluding carboxylic acids is 1. The van der Waals surface area contributed by atoms with Gasteiger partial charge in [0.05, 0.1) is 15.6 Å². The van der Waals surface area contributed by atoms with Crippen LogP contribution >= 0.6 is 11.6 Å². The van der Waals surface area contributed by atoms with Gasteiger partial charge >= 0.3 is 0 Å². The van der Waals surface area contributed by atoms with Crippen LogP contribution in [-0.4, -0.2) is 23.9 Å². The summed E-state index contributed by atoms with van der Waals surface area (Å²) in [5.74, 6) is -0.0517. The molecule has 0 aliphatic carbocycles. The third-order valence-electron chi connectivity index (χ3n) is 7.26. The molecule has 5 aromatic carbocycles. The summed E-state index contributed by atoms with van der Waals surface area (Å²) >= 11 is 6.81. The molecule has 0 N–H and O–H groups in total. The molecule has 6 aromatic rings. The van der Waals surface area contributed by atoms with Crippen molar-refractivity contribution in [3.05, 3.63) is 155 Å². The smallest absolute Gasteiger partial charge is 0.268 e. The van der Waals surface area contributed by atoms with Crippen LogP contribution in [-0.2, 0) is 10.0 Å². The van der Waals surface area contributed by atoms with Gasteiger partial charge in [0.1, 0.15) is 11.5 Å². The number of nitrogens with zero attached hydrogens (tertiary/aromatic N) is 3. The second kappa shape index (κ2) is 12.0. The lowest BCUT2D eigenvalue weighted by Crippen LogP contribution is -2.27. The predicted molar refractivity (Wildman–Crippen MR) is 176 cm³/mol. The van der Waals surface area contributed by atoms with E-state index in [1.54, 1.807) is 97.1 Å². The van der Waals surface area contributed by atoms with Gasteiger partial charge in [-0.15, -0.1) is 0 Å². The van der Waals surface area contributed by atoms with Gasteiger partial charge in [0.15, 0.2) is 5.82 Å². The molecule has 0 aliphatic heterocycles. The van der Waals surface area contributed by atoms with Crippen LogP contribution in [0.3, 0.4) is 0 Å². The highest BCUT2D eigenvalue weighted by molar-refractivity contribution is 7.93. The van der Waals surface area contributed by atoms with Crippen LogP contribution in [0.1, 0.15) is 21.5 Å². The van der Waals surface area contributed by atoms with E-state index in [0.717, 1.165) is 11.1 Å². The van der Waals surface area contributed by atoms with Crippen LogP contribution in [0.5, 0.6) is 0 Å². The maximum Gasteiger partial charge on any atom is 0.269 e. The number of imidazole rings is 1. The maximum absolute atomic E-state index is 14.6. The molecular formula is C36H28ClN3O3S. The Hall–Kier alpha value is -4.98. The molecule has 0 spiro atoms. The fourth-order valence-corrected chi connectivity index (χ4v) is 6.67. The zero-order valence-electron chi connectivity index (χ0n) is 24.1. The molecule has 8 heteroatoms. The van der Waals surface area contributed by atoms with Gasteiger partial charge in [-0.1, -0.05) is 114 Å². The maximum atomic E-state index is 14.6. The molecule has 1 heterocycles. The Morgan fingerprint density at radius 2 is 1.25 bits per heavy atom. The molecule has 0 unspecified atom stereocenters. The Kier molecular flexibility index (Phi) is 7.91. The number of halogens is 1. The largest absolute Gasteiger partial charge is 0.269 e. The molecule has 44 heavy (non-hydrogen) atoms. The lowest BCUT2D eigenvalue weighted by Gasteiger charge is -2.24. The summed E-state index contributed by atoms with van der Waals surface area (Å²) in [4.78, 5) is 19.5. The highest BCUT2D eigenvalue weighted by atomic mass is 35.5. The summed E-state index contributed by atoms with van der Waals surface area (Å²) in [6.45, 7) is 3.86. The van der Waals surface area contributed by atoms with Gasteiger partial charge in [0.2, 0.25) is 0 Å². The van der Waals surface area contributed by atoms with Crippen LogP contribution < -0.4 is 4.31 Å². The lowest BCUT2D eigenvalue weighted by molar-refractivity contribution is 0.0963. The van der Waals surface area contributed by atoms with Crippen LogP contribution in [0.25, 0.3) is 22.6 Å². The van der Waals surface area contributed by atoms with Gasteiger partial charge in [-0.05, 0) is 56.3 Å². The molecule has 0 amide bonds.